The molecular weight excluding hydrogens is 356 g/mol. The molecule has 0 spiro atoms. The van der Waals surface area contributed by atoms with E-state index < -0.39 is 0 Å². The molecule has 0 aromatic heterocycles. The van der Waals surface area contributed by atoms with Crippen LogP contribution in [-0.2, 0) is 9.53 Å². The molecule has 0 unspecified atom stereocenters. The summed E-state index contributed by atoms with van der Waals surface area (Å²) < 4.78 is 4.95. The Morgan fingerprint density at radius 2 is 1.55 bits per heavy atom. The van der Waals surface area contributed by atoms with Gasteiger partial charge in [-0.05, 0) is 69.8 Å². The molecule has 0 amide bonds. The normalized spacial score (nSPS) is 13.2. The van der Waals surface area contributed by atoms with Gasteiger partial charge in [-0.15, -0.1) is 0 Å². The van der Waals surface area contributed by atoms with Gasteiger partial charge in [-0.2, -0.15) is 0 Å². The molecule has 0 aliphatic heterocycles. The summed E-state index contributed by atoms with van der Waals surface area (Å²) in [6.07, 6.45) is 7.52. The number of hydrogen-bond donors (Lipinski definition) is 0. The molecule has 0 aliphatic rings. The summed E-state index contributed by atoms with van der Waals surface area (Å²) >= 11 is 0. The topological polar surface area (TPSA) is 26.3 Å². The van der Waals surface area contributed by atoms with Crippen molar-refractivity contribution in [1.29, 1.82) is 0 Å². The van der Waals surface area contributed by atoms with Crippen molar-refractivity contribution in [3.8, 4) is 0 Å². The Hall–Kier alpha value is -3.39. The van der Waals surface area contributed by atoms with Gasteiger partial charge in [-0.1, -0.05) is 72.8 Å². The molecule has 0 aliphatic carbocycles. The summed E-state index contributed by atoms with van der Waals surface area (Å²) in [7, 11) is 0. The Balaban J connectivity index is 1.74. The minimum Gasteiger partial charge on any atom is -0.463 e. The average molecular weight is 380 g/mol. The van der Waals surface area contributed by atoms with E-state index in [2.05, 4.69) is 67.6 Å². The van der Waals surface area contributed by atoms with Crippen LogP contribution in [-0.4, -0.2) is 12.6 Å². The predicted molar refractivity (Wildman–Crippen MR) is 123 cm³/mol. The summed E-state index contributed by atoms with van der Waals surface area (Å²) in [5, 5.41) is 7.75. The van der Waals surface area contributed by atoms with E-state index in [-0.39, 0.29) is 5.97 Å². The van der Waals surface area contributed by atoms with Crippen LogP contribution in [0.1, 0.15) is 26.3 Å². The molecule has 0 saturated carbocycles. The fourth-order valence-corrected chi connectivity index (χ4v) is 3.93. The Morgan fingerprint density at radius 1 is 0.897 bits per heavy atom. The smallest absolute Gasteiger partial charge is 0.330 e. The fourth-order valence-electron chi connectivity index (χ4n) is 3.93. The number of benzene rings is 4. The lowest BCUT2D eigenvalue weighted by molar-refractivity contribution is -0.137. The van der Waals surface area contributed by atoms with E-state index in [0.717, 1.165) is 5.57 Å². The van der Waals surface area contributed by atoms with E-state index in [0.29, 0.717) is 6.61 Å². The Morgan fingerprint density at radius 3 is 2.28 bits per heavy atom. The van der Waals surface area contributed by atoms with Crippen molar-refractivity contribution >= 4 is 43.9 Å². The average Bonchev–Trinajstić information content (AvgIpc) is 2.72. The number of rotatable bonds is 5. The van der Waals surface area contributed by atoms with Gasteiger partial charge in [0, 0.05) is 6.08 Å². The molecule has 2 nitrogen and oxygen atoms in total. The molecule has 0 saturated heterocycles. The number of carbonyl (C=O) groups is 1. The van der Waals surface area contributed by atoms with Gasteiger partial charge in [-0.25, -0.2) is 4.79 Å². The first kappa shape index (κ1) is 18.9. The first-order valence-corrected chi connectivity index (χ1v) is 9.95. The third kappa shape index (κ3) is 3.66. The maximum absolute atomic E-state index is 11.5. The maximum atomic E-state index is 11.5. The Bertz CT molecular complexity index is 1270. The second kappa shape index (κ2) is 7.92. The van der Waals surface area contributed by atoms with Crippen molar-refractivity contribution in [3.05, 3.63) is 90.0 Å². The van der Waals surface area contributed by atoms with Gasteiger partial charge in [0.2, 0.25) is 0 Å². The van der Waals surface area contributed by atoms with Crippen LogP contribution in [0.15, 0.2) is 84.5 Å². The quantitative estimate of drug-likeness (QED) is 0.160. The lowest BCUT2D eigenvalue weighted by Crippen LogP contribution is -1.99. The standard InChI is InChI=1S/C27H24O2/c1-4-29-25(28)17-18(2)7-5-8-19(3)23-15-13-22-12-11-20-9-6-10-21-14-16-24(23)27(22)26(20)21/h5-17H,4H2,1-3H3/b7-5+,18-17+,19-8+. The largest absolute Gasteiger partial charge is 0.463 e. The lowest BCUT2D eigenvalue weighted by atomic mass is 9.90. The molecule has 0 N–H and O–H groups in total. The molecule has 0 fully saturated rings. The summed E-state index contributed by atoms with van der Waals surface area (Å²) in [4.78, 5) is 11.5. The van der Waals surface area contributed by atoms with Crippen molar-refractivity contribution < 1.29 is 9.53 Å². The van der Waals surface area contributed by atoms with Crippen LogP contribution in [0.25, 0.3) is 37.9 Å². The van der Waals surface area contributed by atoms with Gasteiger partial charge < -0.3 is 4.74 Å². The number of esters is 1. The van der Waals surface area contributed by atoms with Gasteiger partial charge in [0.05, 0.1) is 6.61 Å². The van der Waals surface area contributed by atoms with Gasteiger partial charge in [0.15, 0.2) is 0 Å². The third-order valence-electron chi connectivity index (χ3n) is 5.29. The number of allylic oxidation sites excluding steroid dienone is 5. The third-order valence-corrected chi connectivity index (χ3v) is 5.29. The van der Waals surface area contributed by atoms with E-state index >= 15 is 0 Å². The van der Waals surface area contributed by atoms with E-state index in [9.17, 15) is 4.79 Å². The van der Waals surface area contributed by atoms with Gasteiger partial charge in [0.25, 0.3) is 0 Å². The van der Waals surface area contributed by atoms with E-state index in [1.165, 1.54) is 49.5 Å². The first-order valence-electron chi connectivity index (χ1n) is 9.95. The zero-order valence-electron chi connectivity index (χ0n) is 17.0. The van der Waals surface area contributed by atoms with Crippen molar-refractivity contribution in [1.82, 2.24) is 0 Å². The van der Waals surface area contributed by atoms with E-state index in [4.69, 9.17) is 4.74 Å². The minimum absolute atomic E-state index is 0.304. The van der Waals surface area contributed by atoms with Crippen LogP contribution >= 0.6 is 0 Å². The summed E-state index contributed by atoms with van der Waals surface area (Å²) in [5.74, 6) is -0.304. The highest BCUT2D eigenvalue weighted by Crippen LogP contribution is 2.37. The van der Waals surface area contributed by atoms with Crippen LogP contribution in [0.3, 0.4) is 0 Å². The molecule has 0 bridgehead atoms. The molecule has 4 aromatic rings. The van der Waals surface area contributed by atoms with Gasteiger partial charge in [-0.3, -0.25) is 0 Å². The molecule has 0 radical (unpaired) electrons. The Kier molecular flexibility index (Phi) is 5.18. The highest BCUT2D eigenvalue weighted by molar-refractivity contribution is 6.24. The predicted octanol–water partition coefficient (Wildman–Crippen LogP) is 7.05. The van der Waals surface area contributed by atoms with E-state index in [1.54, 1.807) is 6.92 Å². The number of hydrogen-bond acceptors (Lipinski definition) is 2. The lowest BCUT2D eigenvalue weighted by Gasteiger charge is -2.14. The molecule has 144 valence electrons. The molecule has 4 aromatic carbocycles. The van der Waals surface area contributed by atoms with Crippen LogP contribution < -0.4 is 0 Å². The summed E-state index contributed by atoms with van der Waals surface area (Å²) in [6.45, 7) is 6.22. The van der Waals surface area contributed by atoms with Gasteiger partial charge in [0.1, 0.15) is 0 Å². The first-order chi connectivity index (χ1) is 14.1. The van der Waals surface area contributed by atoms with Crippen LogP contribution in [0, 0.1) is 0 Å². The molecule has 4 rings (SSSR count). The van der Waals surface area contributed by atoms with Crippen LogP contribution in [0.4, 0.5) is 0 Å². The monoisotopic (exact) mass is 380 g/mol. The van der Waals surface area contributed by atoms with Crippen molar-refractivity contribution in [2.75, 3.05) is 6.61 Å². The fraction of sp³-hybridized carbons (Fsp3) is 0.148. The Labute approximate surface area is 171 Å². The van der Waals surface area contributed by atoms with Crippen molar-refractivity contribution in [2.45, 2.75) is 20.8 Å². The van der Waals surface area contributed by atoms with Gasteiger partial charge >= 0.3 is 5.97 Å². The molecule has 0 heterocycles. The summed E-state index contributed by atoms with van der Waals surface area (Å²) in [6, 6.07) is 19.7. The maximum Gasteiger partial charge on any atom is 0.330 e. The number of carbonyl (C=O) groups excluding carboxylic acids is 1. The molecule has 0 atom stereocenters. The second-order valence-electron chi connectivity index (χ2n) is 7.32. The van der Waals surface area contributed by atoms with Crippen LogP contribution in [0.5, 0.6) is 0 Å². The van der Waals surface area contributed by atoms with E-state index in [1.807, 2.05) is 19.1 Å². The SMILES string of the molecule is CCOC(=O)/C=C(C)/C=C/C=C(\C)c1ccc2ccc3cccc4ccc1c2c34. The molecule has 2 heteroatoms. The zero-order valence-corrected chi connectivity index (χ0v) is 17.0. The van der Waals surface area contributed by atoms with Crippen molar-refractivity contribution in [3.63, 3.8) is 0 Å². The molecular formula is C27H24O2. The van der Waals surface area contributed by atoms with Crippen LogP contribution in [0.2, 0.25) is 0 Å². The highest BCUT2D eigenvalue weighted by Gasteiger charge is 2.11. The minimum atomic E-state index is -0.304. The second-order valence-corrected chi connectivity index (χ2v) is 7.32. The number of ether oxygens (including phenoxy) is 1. The molecule has 29 heavy (non-hydrogen) atoms. The van der Waals surface area contributed by atoms with Crippen molar-refractivity contribution in [2.24, 2.45) is 0 Å². The summed E-state index contributed by atoms with van der Waals surface area (Å²) in [5.41, 5.74) is 3.28. The highest BCUT2D eigenvalue weighted by atomic mass is 16.5. The zero-order chi connectivity index (χ0) is 20.4.